The first kappa shape index (κ1) is 23.4. The van der Waals surface area contributed by atoms with Crippen LogP contribution in [0.25, 0.3) is 0 Å². The smallest absolute Gasteiger partial charge is 0.220 e. The number of carbonyl (C=O) groups is 1. The first-order valence-electron chi connectivity index (χ1n) is 13.5. The molecule has 4 heteroatoms. The molecule has 1 aromatic rings. The van der Waals surface area contributed by atoms with Gasteiger partial charge in [-0.2, -0.15) is 0 Å². The molecule has 4 nitrogen and oxygen atoms in total. The zero-order valence-corrected chi connectivity index (χ0v) is 20.5. The van der Waals surface area contributed by atoms with Gasteiger partial charge in [0, 0.05) is 13.0 Å². The molecule has 0 aliphatic heterocycles. The standard InChI is InChI=1S/C29H43NO3/c1-28-15-13-24-27(25(32)17-21-16-22(31)12-14-29(21,24)2)23(28)10-8-20(28)9-11-26(33)30-18-19-6-4-3-5-7-19/h3-7,20-25,27,31-32H,8-18H2,1-2H3,(H,30,33)/t20-,21+,22-,23+,24+,25-,27+,28-,29+/m1/s1. The number of carbonyl (C=O) groups excluding carboxylic acids is 1. The van der Waals surface area contributed by atoms with E-state index in [1.165, 1.54) is 25.7 Å². The number of benzene rings is 1. The highest BCUT2D eigenvalue weighted by Crippen LogP contribution is 2.67. The Balaban J connectivity index is 1.22. The van der Waals surface area contributed by atoms with E-state index in [-0.39, 0.29) is 28.9 Å². The number of hydrogen-bond donors (Lipinski definition) is 3. The van der Waals surface area contributed by atoms with Gasteiger partial charge in [-0.15, -0.1) is 0 Å². The summed E-state index contributed by atoms with van der Waals surface area (Å²) >= 11 is 0. The summed E-state index contributed by atoms with van der Waals surface area (Å²) in [5.41, 5.74) is 1.67. The van der Waals surface area contributed by atoms with Crippen LogP contribution in [-0.4, -0.2) is 28.3 Å². The molecule has 0 heterocycles. The second-order valence-corrected chi connectivity index (χ2v) is 12.3. The molecule has 0 spiro atoms. The second kappa shape index (κ2) is 9.00. The van der Waals surface area contributed by atoms with Crippen LogP contribution in [0.4, 0.5) is 0 Å². The van der Waals surface area contributed by atoms with Crippen LogP contribution in [0, 0.1) is 40.4 Å². The van der Waals surface area contributed by atoms with Crippen molar-refractivity contribution in [3.8, 4) is 0 Å². The number of nitrogens with one attached hydrogen (secondary N) is 1. The van der Waals surface area contributed by atoms with Gasteiger partial charge in [-0.25, -0.2) is 0 Å². The predicted octanol–water partition coefficient (Wildman–Crippen LogP) is 5.07. The highest BCUT2D eigenvalue weighted by molar-refractivity contribution is 5.75. The summed E-state index contributed by atoms with van der Waals surface area (Å²) < 4.78 is 0. The minimum absolute atomic E-state index is 0.161. The number of rotatable bonds is 5. The molecule has 1 amide bonds. The van der Waals surface area contributed by atoms with Crippen molar-refractivity contribution in [1.82, 2.24) is 5.32 Å². The minimum atomic E-state index is -0.226. The molecule has 0 unspecified atom stereocenters. The fraction of sp³-hybridized carbons (Fsp3) is 0.759. The van der Waals surface area contributed by atoms with Crippen LogP contribution in [0.15, 0.2) is 30.3 Å². The molecule has 3 N–H and O–H groups in total. The maximum absolute atomic E-state index is 12.6. The van der Waals surface area contributed by atoms with Crippen LogP contribution in [-0.2, 0) is 11.3 Å². The third-order valence-corrected chi connectivity index (χ3v) is 10.9. The monoisotopic (exact) mass is 453 g/mol. The van der Waals surface area contributed by atoms with E-state index in [4.69, 9.17) is 0 Å². The molecule has 4 aliphatic rings. The highest BCUT2D eigenvalue weighted by atomic mass is 16.3. The quantitative estimate of drug-likeness (QED) is 0.583. The number of fused-ring (bicyclic) bond motifs is 5. The van der Waals surface area contributed by atoms with Gasteiger partial charge in [-0.3, -0.25) is 4.79 Å². The average Bonchev–Trinajstić information content (AvgIpc) is 3.14. The lowest BCUT2D eigenvalue weighted by molar-refractivity contribution is -0.172. The van der Waals surface area contributed by atoms with Crippen molar-refractivity contribution in [3.63, 3.8) is 0 Å². The largest absolute Gasteiger partial charge is 0.393 e. The van der Waals surface area contributed by atoms with Crippen molar-refractivity contribution in [2.45, 2.75) is 96.8 Å². The Morgan fingerprint density at radius 3 is 2.48 bits per heavy atom. The Kier molecular flexibility index (Phi) is 6.37. The molecule has 0 radical (unpaired) electrons. The number of aliphatic hydroxyl groups is 2. The van der Waals surface area contributed by atoms with E-state index in [1.807, 2.05) is 18.2 Å². The molecular formula is C29H43NO3. The van der Waals surface area contributed by atoms with E-state index in [0.29, 0.717) is 42.6 Å². The van der Waals surface area contributed by atoms with Gasteiger partial charge in [0.15, 0.2) is 0 Å². The van der Waals surface area contributed by atoms with Gasteiger partial charge >= 0.3 is 0 Å². The van der Waals surface area contributed by atoms with Gasteiger partial charge in [-0.05, 0) is 104 Å². The van der Waals surface area contributed by atoms with E-state index in [0.717, 1.165) is 37.7 Å². The molecule has 0 aromatic heterocycles. The lowest BCUT2D eigenvalue weighted by Crippen LogP contribution is -2.58. The van der Waals surface area contributed by atoms with Crippen LogP contribution in [0.5, 0.6) is 0 Å². The number of aliphatic hydroxyl groups excluding tert-OH is 2. The molecule has 1 aromatic carbocycles. The first-order valence-corrected chi connectivity index (χ1v) is 13.5. The fourth-order valence-electron chi connectivity index (χ4n) is 8.97. The Morgan fingerprint density at radius 1 is 0.970 bits per heavy atom. The Bertz CT molecular complexity index is 843. The van der Waals surface area contributed by atoms with Crippen molar-refractivity contribution in [2.24, 2.45) is 40.4 Å². The molecule has 0 saturated heterocycles. The zero-order chi connectivity index (χ0) is 23.2. The first-order chi connectivity index (χ1) is 15.8. The second-order valence-electron chi connectivity index (χ2n) is 12.3. The maximum atomic E-state index is 12.6. The highest BCUT2D eigenvalue weighted by Gasteiger charge is 2.62. The van der Waals surface area contributed by atoms with Crippen LogP contribution in [0.2, 0.25) is 0 Å². The van der Waals surface area contributed by atoms with Gasteiger partial charge in [0.1, 0.15) is 0 Å². The van der Waals surface area contributed by atoms with E-state index in [9.17, 15) is 15.0 Å². The van der Waals surface area contributed by atoms with Crippen LogP contribution < -0.4 is 5.32 Å². The van der Waals surface area contributed by atoms with E-state index in [1.54, 1.807) is 0 Å². The van der Waals surface area contributed by atoms with Crippen molar-refractivity contribution < 1.29 is 15.0 Å². The normalized spacial score (nSPS) is 44.4. The van der Waals surface area contributed by atoms with Gasteiger partial charge in [0.25, 0.3) is 0 Å². The van der Waals surface area contributed by atoms with E-state index >= 15 is 0 Å². The molecule has 4 aliphatic carbocycles. The van der Waals surface area contributed by atoms with E-state index < -0.39 is 0 Å². The van der Waals surface area contributed by atoms with Gasteiger partial charge < -0.3 is 15.5 Å². The number of amides is 1. The topological polar surface area (TPSA) is 69.6 Å². The Morgan fingerprint density at radius 2 is 1.70 bits per heavy atom. The molecule has 4 saturated carbocycles. The van der Waals surface area contributed by atoms with Gasteiger partial charge in [-0.1, -0.05) is 44.2 Å². The molecule has 4 fully saturated rings. The Hall–Kier alpha value is -1.39. The van der Waals surface area contributed by atoms with Crippen LogP contribution in [0.1, 0.15) is 83.6 Å². The van der Waals surface area contributed by atoms with Crippen molar-refractivity contribution in [1.29, 1.82) is 0 Å². The third-order valence-electron chi connectivity index (χ3n) is 10.9. The molecule has 5 rings (SSSR count). The summed E-state index contributed by atoms with van der Waals surface area (Å²) in [5.74, 6) is 2.77. The summed E-state index contributed by atoms with van der Waals surface area (Å²) in [6.07, 6.45) is 9.78. The summed E-state index contributed by atoms with van der Waals surface area (Å²) in [4.78, 5) is 12.6. The fourth-order valence-corrected chi connectivity index (χ4v) is 8.97. The minimum Gasteiger partial charge on any atom is -0.393 e. The average molecular weight is 454 g/mol. The van der Waals surface area contributed by atoms with Crippen molar-refractivity contribution >= 4 is 5.91 Å². The molecular weight excluding hydrogens is 410 g/mol. The summed E-state index contributed by atoms with van der Waals surface area (Å²) in [7, 11) is 0. The zero-order valence-electron chi connectivity index (χ0n) is 20.5. The molecule has 9 atom stereocenters. The summed E-state index contributed by atoms with van der Waals surface area (Å²) in [5, 5.41) is 24.7. The van der Waals surface area contributed by atoms with E-state index in [2.05, 4.69) is 31.3 Å². The maximum Gasteiger partial charge on any atom is 0.220 e. The third kappa shape index (κ3) is 4.16. The SMILES string of the molecule is C[C@]12CC[C@@H](O)C[C@H]1C[C@@H](O)[C@@H]1[C@@H]2CC[C@]2(C)[C@@H](CCC(=O)NCc3ccccc3)CC[C@@H]12. The summed E-state index contributed by atoms with van der Waals surface area (Å²) in [6.45, 7) is 5.55. The molecule has 0 bridgehead atoms. The summed E-state index contributed by atoms with van der Waals surface area (Å²) in [6, 6.07) is 10.1. The van der Waals surface area contributed by atoms with Crippen molar-refractivity contribution in [2.75, 3.05) is 0 Å². The van der Waals surface area contributed by atoms with Crippen molar-refractivity contribution in [3.05, 3.63) is 35.9 Å². The predicted molar refractivity (Wildman–Crippen MR) is 130 cm³/mol. The molecule has 33 heavy (non-hydrogen) atoms. The lowest BCUT2D eigenvalue weighted by atomic mass is 9.44. The van der Waals surface area contributed by atoms with Crippen LogP contribution >= 0.6 is 0 Å². The lowest BCUT2D eigenvalue weighted by Gasteiger charge is -2.62. The van der Waals surface area contributed by atoms with Crippen LogP contribution in [0.3, 0.4) is 0 Å². The Labute approximate surface area is 199 Å². The van der Waals surface area contributed by atoms with Gasteiger partial charge in [0.2, 0.25) is 5.91 Å². The van der Waals surface area contributed by atoms with Gasteiger partial charge in [0.05, 0.1) is 12.2 Å². The molecule has 182 valence electrons. The number of hydrogen-bond acceptors (Lipinski definition) is 3.